The van der Waals surface area contributed by atoms with E-state index in [0.29, 0.717) is 15.6 Å². The molecule has 0 aliphatic carbocycles. The summed E-state index contributed by atoms with van der Waals surface area (Å²) in [6.45, 7) is 0.160. The predicted molar refractivity (Wildman–Crippen MR) is 126 cm³/mol. The van der Waals surface area contributed by atoms with Crippen molar-refractivity contribution >= 4 is 51.0 Å². The van der Waals surface area contributed by atoms with Crippen LogP contribution in [0.4, 0.5) is 0 Å². The average molecular weight is 521 g/mol. The zero-order valence-electron chi connectivity index (χ0n) is 16.5. The molecule has 0 aliphatic rings. The molecule has 1 amide bonds. The van der Waals surface area contributed by atoms with Gasteiger partial charge in [0.1, 0.15) is 6.04 Å². The largest absolute Gasteiger partial charge is 0.480 e. The average Bonchev–Trinajstić information content (AvgIpc) is 2.73. The van der Waals surface area contributed by atoms with Gasteiger partial charge in [-0.1, -0.05) is 87.7 Å². The number of carbonyl (C=O) groups is 2. The highest BCUT2D eigenvalue weighted by Crippen LogP contribution is 2.24. The van der Waals surface area contributed by atoms with Crippen LogP contribution in [0.1, 0.15) is 16.7 Å². The van der Waals surface area contributed by atoms with E-state index in [0.717, 1.165) is 15.6 Å². The third kappa shape index (κ3) is 6.57. The van der Waals surface area contributed by atoms with Crippen LogP contribution in [-0.4, -0.2) is 27.9 Å². The summed E-state index contributed by atoms with van der Waals surface area (Å²) in [6.07, 6.45) is 0.173. The van der Waals surface area contributed by atoms with Crippen molar-refractivity contribution < 1.29 is 14.7 Å². The molecule has 0 saturated heterocycles. The number of rotatable bonds is 8. The molecule has 1 atom stereocenters. The number of benzene rings is 3. The van der Waals surface area contributed by atoms with Gasteiger partial charge in [-0.25, -0.2) is 4.79 Å². The molecule has 31 heavy (non-hydrogen) atoms. The van der Waals surface area contributed by atoms with Crippen molar-refractivity contribution in [1.82, 2.24) is 4.90 Å². The highest BCUT2D eigenvalue weighted by Gasteiger charge is 2.30. The van der Waals surface area contributed by atoms with E-state index >= 15 is 0 Å². The summed E-state index contributed by atoms with van der Waals surface area (Å²) in [6, 6.07) is 20.6. The number of hydrogen-bond acceptors (Lipinski definition) is 2. The molecule has 3 aromatic rings. The van der Waals surface area contributed by atoms with Gasteiger partial charge < -0.3 is 10.0 Å². The van der Waals surface area contributed by atoms with Crippen molar-refractivity contribution in [3.05, 3.63) is 104 Å². The van der Waals surface area contributed by atoms with Crippen LogP contribution < -0.4 is 0 Å². The topological polar surface area (TPSA) is 57.6 Å². The lowest BCUT2D eigenvalue weighted by atomic mass is 10.0. The van der Waals surface area contributed by atoms with Crippen molar-refractivity contribution in [1.29, 1.82) is 0 Å². The maximum atomic E-state index is 13.3. The summed E-state index contributed by atoms with van der Waals surface area (Å²) in [5, 5.41) is 10.8. The SMILES string of the molecule is O=C(O)C(Cc1ccccc1)N(Cc1cccc(Br)c1)C(=O)Cc1ccc(Cl)cc1Cl. The monoisotopic (exact) mass is 519 g/mol. The molecule has 0 heterocycles. The van der Waals surface area contributed by atoms with Crippen LogP contribution >= 0.6 is 39.1 Å². The fourth-order valence-electron chi connectivity index (χ4n) is 3.30. The number of carbonyl (C=O) groups excluding carboxylic acids is 1. The molecule has 1 unspecified atom stereocenters. The van der Waals surface area contributed by atoms with Crippen LogP contribution in [0.2, 0.25) is 10.0 Å². The molecule has 0 bridgehead atoms. The van der Waals surface area contributed by atoms with E-state index in [9.17, 15) is 14.7 Å². The van der Waals surface area contributed by atoms with Gasteiger partial charge in [-0.15, -0.1) is 0 Å². The minimum Gasteiger partial charge on any atom is -0.480 e. The van der Waals surface area contributed by atoms with Crippen LogP contribution in [0.15, 0.2) is 77.3 Å². The van der Waals surface area contributed by atoms with Gasteiger partial charge in [-0.2, -0.15) is 0 Å². The van der Waals surface area contributed by atoms with Gasteiger partial charge in [-0.05, 0) is 41.0 Å². The summed E-state index contributed by atoms with van der Waals surface area (Å²) < 4.78 is 0.855. The summed E-state index contributed by atoms with van der Waals surface area (Å²) in [5.74, 6) is -1.39. The molecule has 1 N–H and O–H groups in total. The number of aliphatic carboxylic acids is 1. The van der Waals surface area contributed by atoms with E-state index in [1.807, 2.05) is 54.6 Å². The maximum Gasteiger partial charge on any atom is 0.326 e. The number of carboxylic acid groups (broad SMARTS) is 1. The zero-order chi connectivity index (χ0) is 22.4. The van der Waals surface area contributed by atoms with Gasteiger partial charge in [-0.3, -0.25) is 4.79 Å². The fraction of sp³-hybridized carbons (Fsp3) is 0.167. The van der Waals surface area contributed by atoms with Gasteiger partial charge in [0.15, 0.2) is 0 Å². The normalized spacial score (nSPS) is 11.7. The Labute approximate surface area is 199 Å². The Bertz CT molecular complexity index is 1080. The maximum absolute atomic E-state index is 13.3. The number of amides is 1. The van der Waals surface area contributed by atoms with Gasteiger partial charge in [0.25, 0.3) is 0 Å². The first-order valence-corrected chi connectivity index (χ1v) is 11.1. The van der Waals surface area contributed by atoms with Crippen LogP contribution in [0.5, 0.6) is 0 Å². The summed E-state index contributed by atoms with van der Waals surface area (Å²) in [5.41, 5.74) is 2.26. The van der Waals surface area contributed by atoms with Gasteiger partial charge in [0.05, 0.1) is 6.42 Å². The van der Waals surface area contributed by atoms with Crippen molar-refractivity contribution in [3.63, 3.8) is 0 Å². The number of nitrogens with zero attached hydrogens (tertiary/aromatic N) is 1. The molecule has 3 rings (SSSR count). The quantitative estimate of drug-likeness (QED) is 0.395. The van der Waals surface area contributed by atoms with Crippen molar-refractivity contribution in [2.75, 3.05) is 0 Å². The lowest BCUT2D eigenvalue weighted by Crippen LogP contribution is -2.46. The van der Waals surface area contributed by atoms with Crippen LogP contribution in [0.3, 0.4) is 0 Å². The summed E-state index contributed by atoms with van der Waals surface area (Å²) >= 11 is 15.6. The first-order chi connectivity index (χ1) is 14.8. The molecule has 0 aromatic heterocycles. The number of hydrogen-bond donors (Lipinski definition) is 1. The minimum atomic E-state index is -1.06. The molecule has 3 aromatic carbocycles. The first-order valence-electron chi connectivity index (χ1n) is 9.58. The molecule has 0 radical (unpaired) electrons. The van der Waals surface area contributed by atoms with Crippen LogP contribution in [-0.2, 0) is 29.0 Å². The number of halogens is 3. The van der Waals surface area contributed by atoms with E-state index in [1.165, 1.54) is 4.90 Å². The smallest absolute Gasteiger partial charge is 0.326 e. The molecule has 0 spiro atoms. The van der Waals surface area contributed by atoms with Crippen molar-refractivity contribution in [2.24, 2.45) is 0 Å². The minimum absolute atomic E-state index is 0.0252. The third-order valence-electron chi connectivity index (χ3n) is 4.85. The van der Waals surface area contributed by atoms with Gasteiger partial charge in [0.2, 0.25) is 5.91 Å². The van der Waals surface area contributed by atoms with Crippen molar-refractivity contribution in [2.45, 2.75) is 25.4 Å². The summed E-state index contributed by atoms with van der Waals surface area (Å²) in [7, 11) is 0. The third-order valence-corrected chi connectivity index (χ3v) is 5.93. The Morgan fingerprint density at radius 2 is 1.65 bits per heavy atom. The summed E-state index contributed by atoms with van der Waals surface area (Å²) in [4.78, 5) is 27.0. The van der Waals surface area contributed by atoms with E-state index in [-0.39, 0.29) is 25.3 Å². The Morgan fingerprint density at radius 1 is 0.935 bits per heavy atom. The molecule has 7 heteroatoms. The zero-order valence-corrected chi connectivity index (χ0v) is 19.6. The first kappa shape index (κ1) is 23.3. The van der Waals surface area contributed by atoms with Crippen LogP contribution in [0.25, 0.3) is 0 Å². The molecule has 0 fully saturated rings. The Balaban J connectivity index is 1.93. The highest BCUT2D eigenvalue weighted by molar-refractivity contribution is 9.10. The molecular weight excluding hydrogens is 501 g/mol. The Hall–Kier alpha value is -2.34. The fourth-order valence-corrected chi connectivity index (χ4v) is 4.22. The van der Waals surface area contributed by atoms with E-state index in [2.05, 4.69) is 15.9 Å². The van der Waals surface area contributed by atoms with Crippen LogP contribution in [0, 0.1) is 0 Å². The van der Waals surface area contributed by atoms with E-state index < -0.39 is 12.0 Å². The molecule has 0 aliphatic heterocycles. The lowest BCUT2D eigenvalue weighted by Gasteiger charge is -2.30. The standard InChI is InChI=1S/C24H20BrCl2NO3/c25-19-8-4-7-17(11-19)15-28(22(24(30)31)12-16-5-2-1-3-6-16)23(29)13-18-9-10-20(26)14-21(18)27/h1-11,14,22H,12-13,15H2,(H,30,31). The van der Waals surface area contributed by atoms with E-state index in [1.54, 1.807) is 18.2 Å². The van der Waals surface area contributed by atoms with Crippen molar-refractivity contribution in [3.8, 4) is 0 Å². The number of carboxylic acids is 1. The second-order valence-corrected chi connectivity index (χ2v) is 8.87. The predicted octanol–water partition coefficient (Wildman–Crippen LogP) is 6.02. The van der Waals surface area contributed by atoms with E-state index in [4.69, 9.17) is 23.2 Å². The second kappa shape index (κ2) is 10.8. The molecule has 4 nitrogen and oxygen atoms in total. The lowest BCUT2D eigenvalue weighted by molar-refractivity contribution is -0.150. The highest BCUT2D eigenvalue weighted by atomic mass is 79.9. The van der Waals surface area contributed by atoms with Gasteiger partial charge >= 0.3 is 5.97 Å². The Kier molecular flexibility index (Phi) is 8.13. The van der Waals surface area contributed by atoms with Gasteiger partial charge in [0, 0.05) is 27.5 Å². The molecule has 0 saturated carbocycles. The second-order valence-electron chi connectivity index (χ2n) is 7.11. The molecule has 160 valence electrons. The Morgan fingerprint density at radius 3 is 2.29 bits per heavy atom. The molecular formula is C24H20BrCl2NO3.